The first-order valence-corrected chi connectivity index (χ1v) is 9.24. The molecule has 0 atom stereocenters. The van der Waals surface area contributed by atoms with Gasteiger partial charge in [-0.1, -0.05) is 23.2 Å². The van der Waals surface area contributed by atoms with Crippen molar-refractivity contribution < 1.29 is 9.53 Å². The van der Waals surface area contributed by atoms with E-state index in [0.29, 0.717) is 17.3 Å². The molecule has 1 amide bonds. The van der Waals surface area contributed by atoms with Crippen molar-refractivity contribution in [1.29, 1.82) is 0 Å². The number of halogens is 2. The number of carbonyl (C=O) groups excluding carboxylic acids is 1. The molecule has 0 unspecified atom stereocenters. The van der Waals surface area contributed by atoms with E-state index in [1.54, 1.807) is 24.3 Å². The maximum absolute atomic E-state index is 12.2. The predicted octanol–water partition coefficient (Wildman–Crippen LogP) is 4.70. The first-order valence-electron chi connectivity index (χ1n) is 8.48. The molecule has 4 rings (SSSR count). The van der Waals surface area contributed by atoms with E-state index < -0.39 is 0 Å². The average molecular weight is 389 g/mol. The van der Waals surface area contributed by atoms with E-state index in [-0.39, 0.29) is 17.9 Å². The molecule has 1 aromatic heterocycles. The number of carbonyl (C=O) groups is 1. The summed E-state index contributed by atoms with van der Waals surface area (Å²) in [5.41, 5.74) is 2.26. The molecule has 0 aliphatic heterocycles. The molecule has 1 aliphatic carbocycles. The molecule has 0 radical (unpaired) electrons. The van der Waals surface area contributed by atoms with E-state index >= 15 is 0 Å². The number of ether oxygens (including phenoxy) is 1. The summed E-state index contributed by atoms with van der Waals surface area (Å²) in [6, 6.07) is 12.8. The van der Waals surface area contributed by atoms with Gasteiger partial charge in [0.25, 0.3) is 5.91 Å². The molecule has 0 spiro atoms. The van der Waals surface area contributed by atoms with Crippen LogP contribution in [0.4, 0.5) is 0 Å². The van der Waals surface area contributed by atoms with Gasteiger partial charge in [0, 0.05) is 39.1 Å². The number of aromatic nitrogens is 1. The Kier molecular flexibility index (Phi) is 4.55. The lowest BCUT2D eigenvalue weighted by atomic mass is 9.95. The second-order valence-electron chi connectivity index (χ2n) is 6.69. The summed E-state index contributed by atoms with van der Waals surface area (Å²) in [6.07, 6.45) is 4.12. The number of aromatic amines is 1. The van der Waals surface area contributed by atoms with Gasteiger partial charge in [-0.15, -0.1) is 0 Å². The number of benzene rings is 2. The van der Waals surface area contributed by atoms with Crippen LogP contribution in [0.3, 0.4) is 0 Å². The Morgan fingerprint density at radius 3 is 2.58 bits per heavy atom. The lowest BCUT2D eigenvalue weighted by Gasteiger charge is -2.16. The number of hydrogen-bond acceptors (Lipinski definition) is 2. The second-order valence-corrected chi connectivity index (χ2v) is 7.56. The Labute approximate surface area is 161 Å². The van der Waals surface area contributed by atoms with Crippen molar-refractivity contribution >= 4 is 40.0 Å². The fraction of sp³-hybridized carbons (Fsp3) is 0.250. The van der Waals surface area contributed by atoms with Gasteiger partial charge in [0.15, 0.2) is 6.61 Å². The number of nitrogens with one attached hydrogen (secondary N) is 2. The van der Waals surface area contributed by atoms with Crippen molar-refractivity contribution in [3.63, 3.8) is 0 Å². The minimum atomic E-state index is -0.135. The molecule has 1 fully saturated rings. The monoisotopic (exact) mass is 388 g/mol. The van der Waals surface area contributed by atoms with E-state index in [2.05, 4.69) is 10.3 Å². The molecular weight excluding hydrogens is 371 g/mol. The first kappa shape index (κ1) is 17.3. The lowest BCUT2D eigenvalue weighted by molar-refractivity contribution is -0.123. The summed E-state index contributed by atoms with van der Waals surface area (Å²) >= 11 is 12.0. The SMILES string of the molecule is O=C(COc1ccc(Cl)cc1)NCC1(c2c[nH]c3ccc(Cl)cc23)CC1. The van der Waals surface area contributed by atoms with Crippen molar-refractivity contribution in [3.05, 3.63) is 64.3 Å². The Balaban J connectivity index is 1.38. The van der Waals surface area contributed by atoms with Gasteiger partial charge < -0.3 is 15.0 Å². The zero-order valence-corrected chi connectivity index (χ0v) is 15.5. The Morgan fingerprint density at radius 2 is 1.85 bits per heavy atom. The maximum atomic E-state index is 12.2. The molecule has 2 N–H and O–H groups in total. The van der Waals surface area contributed by atoms with Crippen LogP contribution in [0.25, 0.3) is 10.9 Å². The van der Waals surface area contributed by atoms with Gasteiger partial charge in [-0.05, 0) is 60.9 Å². The van der Waals surface area contributed by atoms with Gasteiger partial charge >= 0.3 is 0 Å². The molecule has 0 saturated heterocycles. The minimum Gasteiger partial charge on any atom is -0.484 e. The van der Waals surface area contributed by atoms with Crippen LogP contribution in [0.5, 0.6) is 5.75 Å². The standard InChI is InChI=1S/C20H18Cl2N2O2/c21-13-1-4-15(5-2-13)26-11-19(25)24-12-20(7-8-20)17-10-23-18-6-3-14(22)9-16(17)18/h1-6,9-10,23H,7-8,11-12H2,(H,24,25). The first-order chi connectivity index (χ1) is 12.6. The van der Waals surface area contributed by atoms with Crippen LogP contribution < -0.4 is 10.1 Å². The van der Waals surface area contributed by atoms with Gasteiger partial charge in [-0.3, -0.25) is 4.79 Å². The number of amides is 1. The van der Waals surface area contributed by atoms with Gasteiger partial charge in [-0.25, -0.2) is 0 Å². The third-order valence-electron chi connectivity index (χ3n) is 4.88. The second kappa shape index (κ2) is 6.86. The Bertz CT molecular complexity index is 946. The van der Waals surface area contributed by atoms with Crippen molar-refractivity contribution in [3.8, 4) is 5.75 Å². The topological polar surface area (TPSA) is 54.1 Å². The Hall–Kier alpha value is -2.17. The summed E-state index contributed by atoms with van der Waals surface area (Å²) in [5.74, 6) is 0.487. The van der Waals surface area contributed by atoms with E-state index in [4.69, 9.17) is 27.9 Å². The molecule has 134 valence electrons. The van der Waals surface area contributed by atoms with Gasteiger partial charge in [0.2, 0.25) is 0 Å². The highest BCUT2D eigenvalue weighted by molar-refractivity contribution is 6.31. The summed E-state index contributed by atoms with van der Waals surface area (Å²) in [7, 11) is 0. The molecule has 0 bridgehead atoms. The minimum absolute atomic E-state index is 0.0150. The van der Waals surface area contributed by atoms with E-state index in [9.17, 15) is 4.79 Å². The van der Waals surface area contributed by atoms with Crippen LogP contribution in [-0.4, -0.2) is 24.0 Å². The molecular formula is C20H18Cl2N2O2. The molecule has 26 heavy (non-hydrogen) atoms. The van der Waals surface area contributed by atoms with E-state index in [1.165, 1.54) is 5.56 Å². The largest absolute Gasteiger partial charge is 0.484 e. The van der Waals surface area contributed by atoms with Crippen LogP contribution in [0.1, 0.15) is 18.4 Å². The molecule has 4 nitrogen and oxygen atoms in total. The normalized spacial score (nSPS) is 15.0. The molecule has 2 aromatic carbocycles. The van der Waals surface area contributed by atoms with Crippen LogP contribution in [-0.2, 0) is 10.2 Å². The zero-order chi connectivity index (χ0) is 18.1. The number of hydrogen-bond donors (Lipinski definition) is 2. The maximum Gasteiger partial charge on any atom is 0.257 e. The molecule has 3 aromatic rings. The highest BCUT2D eigenvalue weighted by Gasteiger charge is 2.45. The van der Waals surface area contributed by atoms with E-state index in [1.807, 2.05) is 24.4 Å². The predicted molar refractivity (Wildman–Crippen MR) is 104 cm³/mol. The van der Waals surface area contributed by atoms with Crippen molar-refractivity contribution in [2.75, 3.05) is 13.2 Å². The number of rotatable bonds is 6. The summed E-state index contributed by atoms with van der Waals surface area (Å²) in [6.45, 7) is 0.576. The number of H-pyrrole nitrogens is 1. The molecule has 1 saturated carbocycles. The van der Waals surface area contributed by atoms with E-state index in [0.717, 1.165) is 28.8 Å². The van der Waals surface area contributed by atoms with Crippen molar-refractivity contribution in [2.24, 2.45) is 0 Å². The Morgan fingerprint density at radius 1 is 1.12 bits per heavy atom. The summed E-state index contributed by atoms with van der Waals surface area (Å²) in [5, 5.41) is 5.48. The highest BCUT2D eigenvalue weighted by atomic mass is 35.5. The van der Waals surface area contributed by atoms with Crippen LogP contribution in [0.15, 0.2) is 48.7 Å². The van der Waals surface area contributed by atoms with Crippen LogP contribution in [0, 0.1) is 0 Å². The third kappa shape index (κ3) is 3.53. The van der Waals surface area contributed by atoms with Gasteiger partial charge in [0.1, 0.15) is 5.75 Å². The smallest absolute Gasteiger partial charge is 0.257 e. The third-order valence-corrected chi connectivity index (χ3v) is 5.36. The van der Waals surface area contributed by atoms with Gasteiger partial charge in [0.05, 0.1) is 0 Å². The number of fused-ring (bicyclic) bond motifs is 1. The average Bonchev–Trinajstić information content (AvgIpc) is 3.31. The lowest BCUT2D eigenvalue weighted by Crippen LogP contribution is -2.35. The van der Waals surface area contributed by atoms with Gasteiger partial charge in [-0.2, -0.15) is 0 Å². The van der Waals surface area contributed by atoms with Crippen molar-refractivity contribution in [2.45, 2.75) is 18.3 Å². The highest BCUT2D eigenvalue weighted by Crippen LogP contribution is 2.50. The summed E-state index contributed by atoms with van der Waals surface area (Å²) < 4.78 is 5.49. The fourth-order valence-corrected chi connectivity index (χ4v) is 3.52. The quantitative estimate of drug-likeness (QED) is 0.642. The zero-order valence-electron chi connectivity index (χ0n) is 14.0. The molecule has 6 heteroatoms. The fourth-order valence-electron chi connectivity index (χ4n) is 3.22. The molecule has 1 heterocycles. The van der Waals surface area contributed by atoms with Crippen LogP contribution >= 0.6 is 23.2 Å². The summed E-state index contributed by atoms with van der Waals surface area (Å²) in [4.78, 5) is 15.4. The van der Waals surface area contributed by atoms with Crippen molar-refractivity contribution in [1.82, 2.24) is 10.3 Å². The van der Waals surface area contributed by atoms with Crippen LogP contribution in [0.2, 0.25) is 10.0 Å². The molecule has 1 aliphatic rings.